The Bertz CT molecular complexity index is 1270. The van der Waals surface area contributed by atoms with E-state index >= 15 is 0 Å². The summed E-state index contributed by atoms with van der Waals surface area (Å²) >= 11 is 0. The number of hydrogen-bond acceptors (Lipinski definition) is 2. The van der Waals surface area contributed by atoms with Crippen molar-refractivity contribution in [2.24, 2.45) is 50.7 Å². The molecule has 4 saturated carbocycles. The average molecular weight is 545 g/mol. The van der Waals surface area contributed by atoms with Crippen LogP contribution in [0.15, 0.2) is 42.5 Å². The van der Waals surface area contributed by atoms with E-state index in [1.807, 2.05) is 12.1 Å². The minimum atomic E-state index is -0.873. The largest absolute Gasteiger partial charge is 0.478 e. The van der Waals surface area contributed by atoms with Gasteiger partial charge < -0.3 is 10.2 Å². The van der Waals surface area contributed by atoms with E-state index in [4.69, 9.17) is 0 Å². The van der Waals surface area contributed by atoms with Gasteiger partial charge in [0.25, 0.3) is 0 Å². The van der Waals surface area contributed by atoms with E-state index in [9.17, 15) is 19.8 Å². The lowest BCUT2D eigenvalue weighted by Crippen LogP contribution is -2.64. The molecule has 6 rings (SSSR count). The molecule has 0 radical (unpaired) electrons. The zero-order chi connectivity index (χ0) is 28.7. The van der Waals surface area contributed by atoms with E-state index in [0.717, 1.165) is 19.3 Å². The molecule has 4 nitrogen and oxygen atoms in total. The van der Waals surface area contributed by atoms with Crippen LogP contribution in [-0.4, -0.2) is 22.2 Å². The maximum Gasteiger partial charge on any atom is 0.335 e. The number of benzene rings is 1. The lowest BCUT2D eigenvalue weighted by Gasteiger charge is -2.72. The molecule has 2 N–H and O–H groups in total. The van der Waals surface area contributed by atoms with E-state index in [1.165, 1.54) is 62.2 Å². The molecule has 40 heavy (non-hydrogen) atoms. The predicted octanol–water partition coefficient (Wildman–Crippen LogP) is 8.87. The highest BCUT2D eigenvalue weighted by molar-refractivity contribution is 5.88. The molecule has 216 valence electrons. The summed E-state index contributed by atoms with van der Waals surface area (Å²) < 4.78 is 0. The average Bonchev–Trinajstić information content (AvgIpc) is 3.32. The summed E-state index contributed by atoms with van der Waals surface area (Å²) in [4.78, 5) is 22.9. The number of allylic oxidation sites excluding steroid dienone is 3. The minimum absolute atomic E-state index is 0.0195. The fourth-order valence-corrected chi connectivity index (χ4v) is 12.0. The maximum absolute atomic E-state index is 11.5. The van der Waals surface area contributed by atoms with Crippen LogP contribution in [-0.2, 0) is 4.79 Å². The summed E-state index contributed by atoms with van der Waals surface area (Å²) in [5.41, 5.74) is 3.83. The van der Waals surface area contributed by atoms with Gasteiger partial charge in [0, 0.05) is 6.08 Å². The van der Waals surface area contributed by atoms with E-state index in [2.05, 4.69) is 46.8 Å². The van der Waals surface area contributed by atoms with Gasteiger partial charge >= 0.3 is 11.9 Å². The van der Waals surface area contributed by atoms with Crippen molar-refractivity contribution in [1.82, 2.24) is 0 Å². The van der Waals surface area contributed by atoms with Crippen molar-refractivity contribution in [3.8, 4) is 0 Å². The van der Waals surface area contributed by atoms with Gasteiger partial charge in [0.1, 0.15) is 0 Å². The lowest BCUT2D eigenvalue weighted by molar-refractivity contribution is -0.218. The van der Waals surface area contributed by atoms with Crippen LogP contribution in [0.5, 0.6) is 0 Å². The number of aromatic carboxylic acids is 1. The van der Waals surface area contributed by atoms with Crippen LogP contribution in [0.4, 0.5) is 0 Å². The first-order valence-electron chi connectivity index (χ1n) is 15.8. The number of carboxylic acid groups (broad SMARTS) is 2. The second kappa shape index (κ2) is 9.07. The highest BCUT2D eigenvalue weighted by Gasteiger charge is 2.69. The Morgan fingerprint density at radius 2 is 1.52 bits per heavy atom. The second-order valence-corrected chi connectivity index (χ2v) is 15.5. The molecule has 0 aromatic heterocycles. The molecule has 5 aliphatic carbocycles. The number of hydrogen-bond donors (Lipinski definition) is 2. The van der Waals surface area contributed by atoms with Crippen LogP contribution in [0.1, 0.15) is 115 Å². The molecule has 0 saturated heterocycles. The molecule has 4 fully saturated rings. The van der Waals surface area contributed by atoms with Crippen molar-refractivity contribution in [3.05, 3.63) is 53.6 Å². The number of aliphatic carboxylic acids is 1. The molecular weight excluding hydrogens is 496 g/mol. The molecule has 4 heteroatoms. The standard InChI is InChI=1S/C36H48O4/c1-32(2)25(23-8-10-24(11-9-23)31(39)40)14-18-33(3)28(32)15-19-35(5)29(33)13-12-26-27-7-6-17-36(27,20-16-30(37)38)22-21-34(26,35)4/h8-11,14,16,20,26-29H,6-7,12-13,15,17-19,21-22H2,1-5H3,(H,37,38)(H,39,40)/b20-16+/t26-,27-,28?,29?,33+,34-,35-,36+/m1/s1. The van der Waals surface area contributed by atoms with Crippen molar-refractivity contribution in [2.75, 3.05) is 0 Å². The second-order valence-electron chi connectivity index (χ2n) is 15.5. The van der Waals surface area contributed by atoms with Gasteiger partial charge in [-0.15, -0.1) is 0 Å². The van der Waals surface area contributed by atoms with Crippen molar-refractivity contribution < 1.29 is 19.8 Å². The first kappa shape index (κ1) is 27.8. The molecule has 5 aliphatic rings. The van der Waals surface area contributed by atoms with Crippen LogP contribution >= 0.6 is 0 Å². The van der Waals surface area contributed by atoms with Crippen LogP contribution in [0.2, 0.25) is 0 Å². The van der Waals surface area contributed by atoms with Gasteiger partial charge in [-0.1, -0.05) is 65.3 Å². The molecule has 0 bridgehead atoms. The Morgan fingerprint density at radius 1 is 0.800 bits per heavy atom. The molecule has 2 unspecified atom stereocenters. The van der Waals surface area contributed by atoms with Crippen LogP contribution < -0.4 is 0 Å². The molecule has 0 aliphatic heterocycles. The summed E-state index contributed by atoms with van der Waals surface area (Å²) in [6.07, 6.45) is 18.2. The maximum atomic E-state index is 11.5. The Hall–Kier alpha value is -2.36. The summed E-state index contributed by atoms with van der Waals surface area (Å²) in [5, 5.41) is 18.8. The fourth-order valence-electron chi connectivity index (χ4n) is 12.0. The number of carboxylic acids is 2. The first-order valence-corrected chi connectivity index (χ1v) is 15.8. The van der Waals surface area contributed by atoms with Crippen LogP contribution in [0, 0.1) is 50.7 Å². The van der Waals surface area contributed by atoms with Crippen molar-refractivity contribution in [3.63, 3.8) is 0 Å². The molecule has 0 amide bonds. The van der Waals surface area contributed by atoms with Crippen LogP contribution in [0.3, 0.4) is 0 Å². The Balaban J connectivity index is 1.33. The predicted molar refractivity (Wildman–Crippen MR) is 159 cm³/mol. The van der Waals surface area contributed by atoms with Crippen molar-refractivity contribution in [1.29, 1.82) is 0 Å². The van der Waals surface area contributed by atoms with Gasteiger partial charge in [0.05, 0.1) is 5.56 Å². The van der Waals surface area contributed by atoms with Crippen molar-refractivity contribution >= 4 is 17.5 Å². The van der Waals surface area contributed by atoms with Gasteiger partial charge in [-0.25, -0.2) is 9.59 Å². The van der Waals surface area contributed by atoms with Crippen LogP contribution in [0.25, 0.3) is 5.57 Å². The summed E-state index contributed by atoms with van der Waals surface area (Å²) in [5.74, 6) is 0.884. The molecular formula is C36H48O4. The third kappa shape index (κ3) is 3.69. The van der Waals surface area contributed by atoms with E-state index in [-0.39, 0.29) is 21.7 Å². The van der Waals surface area contributed by atoms with Gasteiger partial charge in [0.2, 0.25) is 0 Å². The lowest BCUT2D eigenvalue weighted by atomic mass is 9.32. The summed E-state index contributed by atoms with van der Waals surface area (Å²) in [7, 11) is 0. The molecule has 0 heterocycles. The first-order chi connectivity index (χ1) is 18.8. The third-order valence-electron chi connectivity index (χ3n) is 14.0. The smallest absolute Gasteiger partial charge is 0.335 e. The highest BCUT2D eigenvalue weighted by atomic mass is 16.4. The number of carbonyl (C=O) groups is 2. The zero-order valence-corrected chi connectivity index (χ0v) is 25.1. The molecule has 0 spiro atoms. The summed E-state index contributed by atoms with van der Waals surface area (Å²) in [6.45, 7) is 12.8. The normalized spacial score (nSPS) is 43.7. The van der Waals surface area contributed by atoms with Crippen molar-refractivity contribution in [2.45, 2.75) is 98.8 Å². The Kier molecular flexibility index (Phi) is 6.30. The monoisotopic (exact) mass is 544 g/mol. The topological polar surface area (TPSA) is 74.6 Å². The summed E-state index contributed by atoms with van der Waals surface area (Å²) in [6, 6.07) is 7.52. The quantitative estimate of drug-likeness (QED) is 0.371. The number of rotatable bonds is 4. The SMILES string of the molecule is CC1(C)C(c2ccc(C(=O)O)cc2)=CC[C@@]2(C)C1CC[C@]1(C)C2CC[C@@H]2[C@H]3CCC[C@]3(/C=C/C(=O)O)CC[C@]21C. The Labute approximate surface area is 240 Å². The minimum Gasteiger partial charge on any atom is -0.478 e. The van der Waals surface area contributed by atoms with Gasteiger partial charge in [-0.05, 0) is 132 Å². The molecule has 1 aromatic rings. The molecule has 1 aromatic carbocycles. The van der Waals surface area contributed by atoms with Gasteiger partial charge in [-0.3, -0.25) is 0 Å². The van der Waals surface area contributed by atoms with E-state index < -0.39 is 11.9 Å². The third-order valence-corrected chi connectivity index (χ3v) is 14.0. The molecule has 8 atom stereocenters. The number of fused-ring (bicyclic) bond motifs is 7. The highest BCUT2D eigenvalue weighted by Crippen LogP contribution is 2.77. The van der Waals surface area contributed by atoms with E-state index in [1.54, 1.807) is 12.1 Å². The van der Waals surface area contributed by atoms with Gasteiger partial charge in [-0.2, -0.15) is 0 Å². The van der Waals surface area contributed by atoms with Gasteiger partial charge in [0.15, 0.2) is 0 Å². The van der Waals surface area contributed by atoms with E-state index in [0.29, 0.717) is 34.7 Å². The fraction of sp³-hybridized carbons (Fsp3) is 0.667. The Morgan fingerprint density at radius 3 is 2.20 bits per heavy atom. The zero-order valence-electron chi connectivity index (χ0n) is 25.1.